The number of aromatic nitrogens is 2. The van der Waals surface area contributed by atoms with Crippen molar-refractivity contribution < 1.29 is 0 Å². The third kappa shape index (κ3) is 2.48. The first-order chi connectivity index (χ1) is 6.25. The zero-order chi connectivity index (χ0) is 9.26. The summed E-state index contributed by atoms with van der Waals surface area (Å²) in [4.78, 5) is 0. The van der Waals surface area contributed by atoms with Crippen molar-refractivity contribution in [3.8, 4) is 0 Å². The summed E-state index contributed by atoms with van der Waals surface area (Å²) in [6, 6.07) is 0.522. The van der Waals surface area contributed by atoms with Gasteiger partial charge in [-0.25, -0.2) is 0 Å². The van der Waals surface area contributed by atoms with Gasteiger partial charge in [0, 0.05) is 18.5 Å². The van der Waals surface area contributed by atoms with E-state index in [-0.39, 0.29) is 0 Å². The fourth-order valence-corrected chi connectivity index (χ4v) is 2.09. The second kappa shape index (κ2) is 3.72. The van der Waals surface area contributed by atoms with Gasteiger partial charge in [0.25, 0.3) is 0 Å². The van der Waals surface area contributed by atoms with Gasteiger partial charge in [0.15, 0.2) is 0 Å². The van der Waals surface area contributed by atoms with Crippen molar-refractivity contribution in [2.45, 2.75) is 45.2 Å². The van der Waals surface area contributed by atoms with E-state index in [1.165, 1.54) is 17.8 Å². The highest BCUT2D eigenvalue weighted by Crippen LogP contribution is 2.41. The monoisotopic (exact) mass is 197 g/mol. The highest BCUT2D eigenvalue weighted by Gasteiger charge is 2.27. The van der Waals surface area contributed by atoms with Crippen LogP contribution in [0, 0.1) is 0 Å². The zero-order valence-electron chi connectivity index (χ0n) is 8.08. The molecule has 0 aliphatic heterocycles. The molecule has 3 nitrogen and oxygen atoms in total. The number of rotatable bonds is 4. The molecule has 0 amide bonds. The molecule has 4 heteroatoms. The van der Waals surface area contributed by atoms with Crippen molar-refractivity contribution in [2.75, 3.05) is 0 Å². The van der Waals surface area contributed by atoms with E-state index in [0.29, 0.717) is 6.04 Å². The number of nitrogens with one attached hydrogen (secondary N) is 1. The van der Waals surface area contributed by atoms with Crippen molar-refractivity contribution in [1.82, 2.24) is 15.5 Å². The van der Waals surface area contributed by atoms with Gasteiger partial charge in [-0.05, 0) is 12.8 Å². The molecule has 1 aromatic rings. The normalized spacial score (nSPS) is 16.8. The lowest BCUT2D eigenvalue weighted by molar-refractivity contribution is 0.584. The first kappa shape index (κ1) is 9.09. The average Bonchev–Trinajstić information content (AvgIpc) is 2.83. The van der Waals surface area contributed by atoms with Crippen LogP contribution in [0.3, 0.4) is 0 Å². The van der Waals surface area contributed by atoms with Crippen LogP contribution < -0.4 is 5.32 Å². The van der Waals surface area contributed by atoms with Crippen molar-refractivity contribution in [2.24, 2.45) is 0 Å². The number of nitrogens with zero attached hydrogens (tertiary/aromatic N) is 2. The fraction of sp³-hybridized carbons (Fsp3) is 0.778. The van der Waals surface area contributed by atoms with Crippen LogP contribution in [0.5, 0.6) is 0 Å². The van der Waals surface area contributed by atoms with Crippen molar-refractivity contribution in [3.63, 3.8) is 0 Å². The third-order valence-electron chi connectivity index (χ3n) is 2.07. The Kier molecular flexibility index (Phi) is 2.60. The summed E-state index contributed by atoms with van der Waals surface area (Å²) in [5.41, 5.74) is 0. The molecule has 1 aliphatic rings. The fourth-order valence-electron chi connectivity index (χ4n) is 1.12. The Bertz CT molecular complexity index is 278. The molecule has 1 saturated carbocycles. The Morgan fingerprint density at radius 2 is 2.23 bits per heavy atom. The molecule has 1 fully saturated rings. The summed E-state index contributed by atoms with van der Waals surface area (Å²) >= 11 is 1.76. The molecule has 0 bridgehead atoms. The van der Waals surface area contributed by atoms with Gasteiger partial charge in [0.2, 0.25) is 0 Å². The van der Waals surface area contributed by atoms with Gasteiger partial charge in [-0.15, -0.1) is 10.2 Å². The van der Waals surface area contributed by atoms with Crippen LogP contribution in [0.25, 0.3) is 0 Å². The first-order valence-electron chi connectivity index (χ1n) is 4.81. The minimum atomic E-state index is 0.522. The predicted molar refractivity (Wildman–Crippen MR) is 53.9 cm³/mol. The highest BCUT2D eigenvalue weighted by molar-refractivity contribution is 7.11. The third-order valence-corrected chi connectivity index (χ3v) is 3.16. The minimum absolute atomic E-state index is 0.522. The van der Waals surface area contributed by atoms with E-state index in [4.69, 9.17) is 0 Å². The molecular formula is C9H15N3S. The van der Waals surface area contributed by atoms with Gasteiger partial charge in [-0.1, -0.05) is 25.2 Å². The van der Waals surface area contributed by atoms with Gasteiger partial charge < -0.3 is 5.32 Å². The lowest BCUT2D eigenvalue weighted by atomic mass is 10.4. The molecule has 0 saturated heterocycles. The van der Waals surface area contributed by atoms with E-state index < -0.39 is 0 Å². The Morgan fingerprint density at radius 1 is 1.46 bits per heavy atom. The molecule has 1 aromatic heterocycles. The summed E-state index contributed by atoms with van der Waals surface area (Å²) in [5.74, 6) is 0.741. The van der Waals surface area contributed by atoms with Gasteiger partial charge in [-0.3, -0.25) is 0 Å². The van der Waals surface area contributed by atoms with Crippen LogP contribution >= 0.6 is 11.3 Å². The maximum atomic E-state index is 4.18. The molecule has 72 valence electrons. The molecule has 1 N–H and O–H groups in total. The SMILES string of the molecule is CC(C)NCc1nnc(C2CC2)s1. The predicted octanol–water partition coefficient (Wildman–Crippen LogP) is 1.91. The van der Waals surface area contributed by atoms with Gasteiger partial charge in [0.1, 0.15) is 10.0 Å². The summed E-state index contributed by atoms with van der Waals surface area (Å²) in [6.07, 6.45) is 2.62. The lowest BCUT2D eigenvalue weighted by Gasteiger charge is -2.03. The zero-order valence-corrected chi connectivity index (χ0v) is 8.90. The molecule has 0 aromatic carbocycles. The molecular weight excluding hydrogens is 182 g/mol. The van der Waals surface area contributed by atoms with Crippen LogP contribution in [0.15, 0.2) is 0 Å². The first-order valence-corrected chi connectivity index (χ1v) is 5.63. The smallest absolute Gasteiger partial charge is 0.131 e. The van der Waals surface area contributed by atoms with Crippen LogP contribution in [-0.4, -0.2) is 16.2 Å². The molecule has 0 atom stereocenters. The van der Waals surface area contributed by atoms with Crippen molar-refractivity contribution in [1.29, 1.82) is 0 Å². The molecule has 0 spiro atoms. The van der Waals surface area contributed by atoms with Crippen LogP contribution in [0.2, 0.25) is 0 Å². The van der Waals surface area contributed by atoms with Gasteiger partial charge in [-0.2, -0.15) is 0 Å². The van der Waals surface area contributed by atoms with Crippen molar-refractivity contribution >= 4 is 11.3 Å². The van der Waals surface area contributed by atoms with Crippen LogP contribution in [0.4, 0.5) is 0 Å². The highest BCUT2D eigenvalue weighted by atomic mass is 32.1. The van der Waals surface area contributed by atoms with E-state index in [9.17, 15) is 0 Å². The molecule has 1 heterocycles. The Morgan fingerprint density at radius 3 is 2.85 bits per heavy atom. The van der Waals surface area contributed by atoms with E-state index >= 15 is 0 Å². The van der Waals surface area contributed by atoms with E-state index in [0.717, 1.165) is 17.5 Å². The quantitative estimate of drug-likeness (QED) is 0.801. The maximum Gasteiger partial charge on any atom is 0.131 e. The molecule has 2 rings (SSSR count). The average molecular weight is 197 g/mol. The summed E-state index contributed by atoms with van der Waals surface area (Å²) < 4.78 is 0. The Balaban J connectivity index is 1.89. The van der Waals surface area contributed by atoms with E-state index in [2.05, 4.69) is 29.4 Å². The number of hydrogen-bond donors (Lipinski definition) is 1. The van der Waals surface area contributed by atoms with Gasteiger partial charge in [0.05, 0.1) is 0 Å². The van der Waals surface area contributed by atoms with Crippen molar-refractivity contribution in [3.05, 3.63) is 10.0 Å². The summed E-state index contributed by atoms with van der Waals surface area (Å²) in [5, 5.41) is 14.0. The standard InChI is InChI=1S/C9H15N3S/c1-6(2)10-5-8-11-12-9(13-8)7-3-4-7/h6-7,10H,3-5H2,1-2H3. The maximum absolute atomic E-state index is 4.18. The summed E-state index contributed by atoms with van der Waals surface area (Å²) in [7, 11) is 0. The largest absolute Gasteiger partial charge is 0.308 e. The summed E-state index contributed by atoms with van der Waals surface area (Å²) in [6.45, 7) is 5.15. The van der Waals surface area contributed by atoms with E-state index in [1.54, 1.807) is 11.3 Å². The molecule has 13 heavy (non-hydrogen) atoms. The minimum Gasteiger partial charge on any atom is -0.308 e. The molecule has 0 unspecified atom stereocenters. The second-order valence-electron chi connectivity index (χ2n) is 3.84. The van der Waals surface area contributed by atoms with Crippen LogP contribution in [-0.2, 0) is 6.54 Å². The Labute approximate surface area is 82.6 Å². The molecule has 0 radical (unpaired) electrons. The lowest BCUT2D eigenvalue weighted by Crippen LogP contribution is -2.21. The Hall–Kier alpha value is -0.480. The topological polar surface area (TPSA) is 37.8 Å². The molecule has 1 aliphatic carbocycles. The van der Waals surface area contributed by atoms with Crippen LogP contribution in [0.1, 0.15) is 42.6 Å². The van der Waals surface area contributed by atoms with Gasteiger partial charge >= 0.3 is 0 Å². The second-order valence-corrected chi connectivity index (χ2v) is 4.94. The number of hydrogen-bond acceptors (Lipinski definition) is 4. The van der Waals surface area contributed by atoms with E-state index in [1.807, 2.05) is 0 Å².